The number of halogens is 1. The Hall–Kier alpha value is -3.02. The van der Waals surface area contributed by atoms with Crippen molar-refractivity contribution in [3.05, 3.63) is 65.0 Å². The summed E-state index contributed by atoms with van der Waals surface area (Å²) < 4.78 is 17.8. The zero-order valence-electron chi connectivity index (χ0n) is 12.7. The molecular weight excluding hydrogens is 313 g/mol. The third-order valence-electron chi connectivity index (χ3n) is 3.74. The normalized spacial score (nSPS) is 13.0. The first-order valence-electron chi connectivity index (χ1n) is 7.41. The van der Waals surface area contributed by atoms with Crippen LogP contribution in [0.2, 0.25) is 0 Å². The number of benzene rings is 2. The van der Waals surface area contributed by atoms with Gasteiger partial charge in [-0.05, 0) is 54.4 Å². The molecule has 24 heavy (non-hydrogen) atoms. The van der Waals surface area contributed by atoms with Crippen LogP contribution < -0.4 is 5.32 Å². The maximum Gasteiger partial charge on any atom is 0.338 e. The first-order chi connectivity index (χ1) is 11.5. The van der Waals surface area contributed by atoms with E-state index >= 15 is 0 Å². The average molecular weight is 327 g/mol. The van der Waals surface area contributed by atoms with Crippen molar-refractivity contribution in [1.82, 2.24) is 0 Å². The number of carbonyl (C=O) groups is 3. The predicted molar refractivity (Wildman–Crippen MR) is 84.4 cm³/mol. The van der Waals surface area contributed by atoms with E-state index in [0.717, 1.165) is 5.56 Å². The fourth-order valence-corrected chi connectivity index (χ4v) is 2.44. The highest BCUT2D eigenvalue weighted by atomic mass is 19.1. The van der Waals surface area contributed by atoms with Crippen LogP contribution in [-0.2, 0) is 16.0 Å². The van der Waals surface area contributed by atoms with Crippen LogP contribution in [0.5, 0.6) is 0 Å². The summed E-state index contributed by atoms with van der Waals surface area (Å²) >= 11 is 0. The van der Waals surface area contributed by atoms with Gasteiger partial charge in [0.25, 0.3) is 0 Å². The van der Waals surface area contributed by atoms with Gasteiger partial charge in [-0.25, -0.2) is 9.18 Å². The minimum absolute atomic E-state index is 0.0530. The largest absolute Gasteiger partial charge is 0.454 e. The second kappa shape index (κ2) is 6.62. The van der Waals surface area contributed by atoms with Crippen molar-refractivity contribution in [2.45, 2.75) is 12.8 Å². The molecule has 1 heterocycles. The van der Waals surface area contributed by atoms with Crippen molar-refractivity contribution in [3.8, 4) is 0 Å². The lowest BCUT2D eigenvalue weighted by Crippen LogP contribution is -2.20. The van der Waals surface area contributed by atoms with Crippen molar-refractivity contribution in [2.75, 3.05) is 11.9 Å². The summed E-state index contributed by atoms with van der Waals surface area (Å²) in [6.45, 7) is -0.418. The Balaban J connectivity index is 1.64. The molecule has 0 saturated carbocycles. The van der Waals surface area contributed by atoms with Gasteiger partial charge in [0.1, 0.15) is 5.82 Å². The van der Waals surface area contributed by atoms with Crippen molar-refractivity contribution < 1.29 is 23.5 Å². The number of hydrogen-bond acceptors (Lipinski definition) is 4. The van der Waals surface area contributed by atoms with E-state index in [0.29, 0.717) is 24.1 Å². The summed E-state index contributed by atoms with van der Waals surface area (Å²) in [6.07, 6.45) is 0.922. The Morgan fingerprint density at radius 3 is 2.50 bits per heavy atom. The zero-order chi connectivity index (χ0) is 17.1. The van der Waals surface area contributed by atoms with Crippen LogP contribution in [0.1, 0.15) is 32.7 Å². The summed E-state index contributed by atoms with van der Waals surface area (Å²) in [5.74, 6) is -1.52. The van der Waals surface area contributed by atoms with Gasteiger partial charge in [0, 0.05) is 17.7 Å². The van der Waals surface area contributed by atoms with Crippen LogP contribution in [0.4, 0.5) is 10.1 Å². The predicted octanol–water partition coefficient (Wildman–Crippen LogP) is 2.75. The van der Waals surface area contributed by atoms with Gasteiger partial charge >= 0.3 is 5.97 Å². The van der Waals surface area contributed by atoms with Gasteiger partial charge in [-0.2, -0.15) is 0 Å². The van der Waals surface area contributed by atoms with E-state index in [1.807, 2.05) is 0 Å². The van der Waals surface area contributed by atoms with Gasteiger partial charge in [-0.3, -0.25) is 9.59 Å². The molecule has 0 spiro atoms. The number of carbonyl (C=O) groups excluding carboxylic acids is 3. The molecule has 0 fully saturated rings. The van der Waals surface area contributed by atoms with Gasteiger partial charge < -0.3 is 10.1 Å². The monoisotopic (exact) mass is 327 g/mol. The van der Waals surface area contributed by atoms with Crippen molar-refractivity contribution in [2.24, 2.45) is 0 Å². The third-order valence-corrected chi connectivity index (χ3v) is 3.74. The molecule has 0 atom stereocenters. The Morgan fingerprint density at radius 1 is 1.04 bits per heavy atom. The molecule has 1 aliphatic rings. The first-order valence-corrected chi connectivity index (χ1v) is 7.41. The van der Waals surface area contributed by atoms with Gasteiger partial charge in [0.15, 0.2) is 12.4 Å². The summed E-state index contributed by atoms with van der Waals surface area (Å²) in [5, 5.41) is 2.73. The van der Waals surface area contributed by atoms with Crippen molar-refractivity contribution in [1.29, 1.82) is 0 Å². The molecule has 1 N–H and O–H groups in total. The SMILES string of the molecule is O=C1CCc2cc(C(=O)OCC(=O)c3ccc(F)cc3)ccc2N1. The topological polar surface area (TPSA) is 72.5 Å². The van der Waals surface area contributed by atoms with Gasteiger partial charge in [-0.1, -0.05) is 0 Å². The number of amides is 1. The fraction of sp³-hybridized carbons (Fsp3) is 0.167. The van der Waals surface area contributed by atoms with E-state index in [-0.39, 0.29) is 11.5 Å². The number of ketones is 1. The van der Waals surface area contributed by atoms with Crippen LogP contribution in [0.25, 0.3) is 0 Å². The average Bonchev–Trinajstić information content (AvgIpc) is 2.59. The van der Waals surface area contributed by atoms with Crippen LogP contribution >= 0.6 is 0 Å². The number of rotatable bonds is 4. The van der Waals surface area contributed by atoms with Crippen molar-refractivity contribution in [3.63, 3.8) is 0 Å². The number of ether oxygens (including phenoxy) is 1. The molecule has 3 rings (SSSR count). The van der Waals surface area contributed by atoms with E-state index in [2.05, 4.69) is 5.32 Å². The summed E-state index contributed by atoms with van der Waals surface area (Å²) in [7, 11) is 0. The van der Waals surface area contributed by atoms with E-state index < -0.39 is 24.2 Å². The Labute approximate surface area is 137 Å². The van der Waals surface area contributed by atoms with Crippen molar-refractivity contribution >= 4 is 23.3 Å². The molecule has 0 aliphatic carbocycles. The highest BCUT2D eigenvalue weighted by molar-refractivity contribution is 6.00. The lowest BCUT2D eigenvalue weighted by atomic mass is 10.0. The van der Waals surface area contributed by atoms with Gasteiger partial charge in [0.05, 0.1) is 5.56 Å². The maximum atomic E-state index is 12.8. The van der Waals surface area contributed by atoms with Crippen LogP contribution in [0, 0.1) is 5.82 Å². The molecule has 2 aromatic carbocycles. The minimum atomic E-state index is -0.620. The molecule has 2 aromatic rings. The summed E-state index contributed by atoms with van der Waals surface area (Å²) in [5.41, 5.74) is 2.13. The van der Waals surface area contributed by atoms with E-state index in [9.17, 15) is 18.8 Å². The van der Waals surface area contributed by atoms with Crippen LogP contribution in [0.3, 0.4) is 0 Å². The number of nitrogens with one attached hydrogen (secondary N) is 1. The number of Topliss-reactive ketones (excluding diaryl/α,β-unsaturated/α-hetero) is 1. The lowest BCUT2D eigenvalue weighted by Gasteiger charge is -2.17. The number of aryl methyl sites for hydroxylation is 1. The summed E-state index contributed by atoms with van der Waals surface area (Å²) in [6, 6.07) is 9.86. The van der Waals surface area contributed by atoms with E-state index in [1.165, 1.54) is 30.3 Å². The standard InChI is InChI=1S/C18H14FNO4/c19-14-5-1-11(2-6-14)16(21)10-24-18(23)13-3-7-15-12(9-13)4-8-17(22)20-15/h1-3,5-7,9H,4,8,10H2,(H,20,22). The zero-order valence-corrected chi connectivity index (χ0v) is 12.7. The van der Waals surface area contributed by atoms with Gasteiger partial charge in [-0.15, -0.1) is 0 Å². The molecule has 0 aromatic heterocycles. The molecule has 1 amide bonds. The fourth-order valence-electron chi connectivity index (χ4n) is 2.44. The molecular formula is C18H14FNO4. The Bertz CT molecular complexity index is 814. The van der Waals surface area contributed by atoms with E-state index in [4.69, 9.17) is 4.74 Å². The van der Waals surface area contributed by atoms with Crippen LogP contribution in [-0.4, -0.2) is 24.3 Å². The molecule has 0 saturated heterocycles. The molecule has 0 bridgehead atoms. The second-order valence-corrected chi connectivity index (χ2v) is 5.43. The second-order valence-electron chi connectivity index (χ2n) is 5.43. The molecule has 6 heteroatoms. The molecule has 1 aliphatic heterocycles. The molecule has 122 valence electrons. The van der Waals surface area contributed by atoms with E-state index in [1.54, 1.807) is 12.1 Å². The first kappa shape index (κ1) is 15.9. The summed E-state index contributed by atoms with van der Waals surface area (Å²) in [4.78, 5) is 35.3. The third kappa shape index (κ3) is 3.48. The molecule has 0 unspecified atom stereocenters. The number of anilines is 1. The maximum absolute atomic E-state index is 12.8. The highest BCUT2D eigenvalue weighted by Crippen LogP contribution is 2.23. The van der Waals surface area contributed by atoms with Crippen LogP contribution in [0.15, 0.2) is 42.5 Å². The Morgan fingerprint density at radius 2 is 1.75 bits per heavy atom. The molecule has 5 nitrogen and oxygen atoms in total. The highest BCUT2D eigenvalue weighted by Gasteiger charge is 2.18. The van der Waals surface area contributed by atoms with Gasteiger partial charge in [0.2, 0.25) is 5.91 Å². The molecule has 0 radical (unpaired) electrons. The smallest absolute Gasteiger partial charge is 0.338 e. The quantitative estimate of drug-likeness (QED) is 0.692. The number of hydrogen-bond donors (Lipinski definition) is 1. The lowest BCUT2D eigenvalue weighted by molar-refractivity contribution is -0.116. The number of esters is 1. The number of fused-ring (bicyclic) bond motifs is 1. The minimum Gasteiger partial charge on any atom is -0.454 e. The Kier molecular flexibility index (Phi) is 4.37.